The Morgan fingerprint density at radius 3 is 2.31 bits per heavy atom. The van der Waals surface area contributed by atoms with E-state index in [4.69, 9.17) is 5.73 Å². The minimum Gasteiger partial charge on any atom is -0.371 e. The Hall–Kier alpha value is -0.610. The van der Waals surface area contributed by atoms with Crippen LogP contribution in [0.2, 0.25) is 0 Å². The summed E-state index contributed by atoms with van der Waals surface area (Å²) in [5.41, 5.74) is 6.51. The Labute approximate surface area is 104 Å². The van der Waals surface area contributed by atoms with Crippen LogP contribution in [0.5, 0.6) is 0 Å². The molecule has 4 heteroatoms. The summed E-state index contributed by atoms with van der Waals surface area (Å²) in [5.74, 6) is 0. The molecule has 1 aliphatic heterocycles. The number of rotatable bonds is 2. The molecule has 1 aliphatic rings. The number of hydrogen-bond donors (Lipinski definition) is 1. The van der Waals surface area contributed by atoms with Gasteiger partial charge in [-0.05, 0) is 37.1 Å². The molecule has 2 rings (SSSR count). The maximum Gasteiger partial charge on any atom is 0.107 e. The summed E-state index contributed by atoms with van der Waals surface area (Å²) < 4.78 is 13.8. The van der Waals surface area contributed by atoms with E-state index in [1.807, 2.05) is 12.1 Å². The molecule has 1 fully saturated rings. The van der Waals surface area contributed by atoms with Gasteiger partial charge in [0.05, 0.1) is 0 Å². The number of nitrogens with zero attached hydrogens (tertiary/aromatic N) is 1. The minimum absolute atomic E-state index is 0.415. The second-order valence-electron chi connectivity index (χ2n) is 4.46. The largest absolute Gasteiger partial charge is 0.371 e. The lowest BCUT2D eigenvalue weighted by atomic mass is 9.90. The molecule has 0 radical (unpaired) electrons. The molecular weight excluding hydrogens is 271 g/mol. The number of hydrogen-bond acceptors (Lipinski definition) is 2. The van der Waals surface area contributed by atoms with Gasteiger partial charge in [-0.15, -0.1) is 0 Å². The van der Waals surface area contributed by atoms with Crippen LogP contribution in [0.4, 0.5) is 10.1 Å². The fourth-order valence-electron chi connectivity index (χ4n) is 2.00. The monoisotopic (exact) mass is 286 g/mol. The van der Waals surface area contributed by atoms with Crippen molar-refractivity contribution < 1.29 is 4.39 Å². The molecule has 16 heavy (non-hydrogen) atoms. The van der Waals surface area contributed by atoms with Crippen molar-refractivity contribution in [2.45, 2.75) is 18.4 Å². The van der Waals surface area contributed by atoms with E-state index in [1.165, 1.54) is 5.69 Å². The topological polar surface area (TPSA) is 29.3 Å². The summed E-state index contributed by atoms with van der Waals surface area (Å²) in [6.07, 6.45) is 1.44. The zero-order chi connectivity index (χ0) is 11.6. The first-order valence-electron chi connectivity index (χ1n) is 5.48. The normalized spacial score (nSPS) is 19.8. The van der Waals surface area contributed by atoms with Crippen molar-refractivity contribution >= 4 is 21.6 Å². The number of alkyl halides is 1. The Bertz CT molecular complexity index is 345. The van der Waals surface area contributed by atoms with Crippen molar-refractivity contribution in [3.63, 3.8) is 0 Å². The predicted octanol–water partition coefficient (Wildman–Crippen LogP) is 2.72. The van der Waals surface area contributed by atoms with Gasteiger partial charge in [-0.1, -0.05) is 15.9 Å². The Balaban J connectivity index is 2.01. The number of piperidine rings is 1. The van der Waals surface area contributed by atoms with Gasteiger partial charge in [0.25, 0.3) is 0 Å². The quantitative estimate of drug-likeness (QED) is 0.906. The van der Waals surface area contributed by atoms with Gasteiger partial charge in [0.1, 0.15) is 6.67 Å². The van der Waals surface area contributed by atoms with Gasteiger partial charge in [-0.3, -0.25) is 0 Å². The SMILES string of the molecule is NC1(CF)CCN(c2ccc(Br)cc2)CC1. The molecule has 0 saturated carbocycles. The third kappa shape index (κ3) is 2.55. The fraction of sp³-hybridized carbons (Fsp3) is 0.500. The van der Waals surface area contributed by atoms with Gasteiger partial charge < -0.3 is 10.6 Å². The van der Waals surface area contributed by atoms with Gasteiger partial charge in [0, 0.05) is 28.8 Å². The smallest absolute Gasteiger partial charge is 0.107 e. The first-order valence-corrected chi connectivity index (χ1v) is 6.28. The Morgan fingerprint density at radius 1 is 1.25 bits per heavy atom. The van der Waals surface area contributed by atoms with Gasteiger partial charge >= 0.3 is 0 Å². The molecule has 0 bridgehead atoms. The summed E-state index contributed by atoms with van der Waals surface area (Å²) in [4.78, 5) is 2.26. The van der Waals surface area contributed by atoms with E-state index in [-0.39, 0.29) is 0 Å². The summed E-state index contributed by atoms with van der Waals surface area (Å²) in [6.45, 7) is 1.26. The van der Waals surface area contributed by atoms with E-state index < -0.39 is 12.2 Å². The second kappa shape index (κ2) is 4.72. The number of halogens is 2. The van der Waals surface area contributed by atoms with Gasteiger partial charge in [-0.25, -0.2) is 4.39 Å². The molecule has 2 N–H and O–H groups in total. The average Bonchev–Trinajstić information content (AvgIpc) is 2.32. The Kier molecular flexibility index (Phi) is 3.50. The van der Waals surface area contributed by atoms with Crippen molar-refractivity contribution in [2.75, 3.05) is 24.7 Å². The first kappa shape index (κ1) is 11.9. The number of benzene rings is 1. The first-order chi connectivity index (χ1) is 7.63. The highest BCUT2D eigenvalue weighted by Crippen LogP contribution is 2.26. The second-order valence-corrected chi connectivity index (χ2v) is 5.38. The van der Waals surface area contributed by atoms with E-state index >= 15 is 0 Å². The summed E-state index contributed by atoms with van der Waals surface area (Å²) in [7, 11) is 0. The average molecular weight is 287 g/mol. The molecular formula is C12H16BrFN2. The molecule has 1 saturated heterocycles. The minimum atomic E-state index is -0.591. The van der Waals surface area contributed by atoms with Crippen LogP contribution >= 0.6 is 15.9 Å². The summed E-state index contributed by atoms with van der Waals surface area (Å²) in [6, 6.07) is 8.19. The summed E-state index contributed by atoms with van der Waals surface area (Å²) in [5, 5.41) is 0. The zero-order valence-electron chi connectivity index (χ0n) is 9.13. The van der Waals surface area contributed by atoms with Crippen LogP contribution in [0, 0.1) is 0 Å². The van der Waals surface area contributed by atoms with Crippen molar-refractivity contribution in [3.05, 3.63) is 28.7 Å². The highest BCUT2D eigenvalue weighted by atomic mass is 79.9. The molecule has 0 atom stereocenters. The number of anilines is 1. The number of nitrogens with two attached hydrogens (primary N) is 1. The molecule has 0 spiro atoms. The van der Waals surface area contributed by atoms with Gasteiger partial charge in [0.15, 0.2) is 0 Å². The van der Waals surface area contributed by atoms with Gasteiger partial charge in [-0.2, -0.15) is 0 Å². The molecule has 1 heterocycles. The van der Waals surface area contributed by atoms with Crippen molar-refractivity contribution in [2.24, 2.45) is 5.73 Å². The maximum absolute atomic E-state index is 12.7. The molecule has 0 aromatic heterocycles. The molecule has 1 aromatic carbocycles. The van der Waals surface area contributed by atoms with Crippen LogP contribution in [0.25, 0.3) is 0 Å². The van der Waals surface area contributed by atoms with E-state index in [9.17, 15) is 4.39 Å². The predicted molar refractivity (Wildman–Crippen MR) is 68.5 cm³/mol. The van der Waals surface area contributed by atoms with Gasteiger partial charge in [0.2, 0.25) is 0 Å². The van der Waals surface area contributed by atoms with Crippen LogP contribution in [0.3, 0.4) is 0 Å². The molecule has 0 amide bonds. The summed E-state index contributed by atoms with van der Waals surface area (Å²) >= 11 is 3.41. The third-order valence-corrected chi connectivity index (χ3v) is 3.75. The maximum atomic E-state index is 12.7. The van der Waals surface area contributed by atoms with E-state index in [1.54, 1.807) is 0 Å². The zero-order valence-corrected chi connectivity index (χ0v) is 10.7. The lowest BCUT2D eigenvalue weighted by Crippen LogP contribution is -2.52. The van der Waals surface area contributed by atoms with Crippen molar-refractivity contribution in [1.82, 2.24) is 0 Å². The lowest BCUT2D eigenvalue weighted by molar-refractivity contribution is 0.255. The van der Waals surface area contributed by atoms with Crippen LogP contribution in [0.1, 0.15) is 12.8 Å². The van der Waals surface area contributed by atoms with Crippen molar-refractivity contribution in [1.29, 1.82) is 0 Å². The molecule has 2 nitrogen and oxygen atoms in total. The molecule has 0 aliphatic carbocycles. The van der Waals surface area contributed by atoms with Crippen LogP contribution in [-0.4, -0.2) is 25.3 Å². The van der Waals surface area contributed by atoms with E-state index in [0.717, 1.165) is 30.4 Å². The fourth-order valence-corrected chi connectivity index (χ4v) is 2.26. The highest BCUT2D eigenvalue weighted by molar-refractivity contribution is 9.10. The molecule has 0 unspecified atom stereocenters. The standard InChI is InChI=1S/C12H16BrFN2/c13-10-1-3-11(4-2-10)16-7-5-12(15,9-14)6-8-16/h1-4H,5-9,15H2. The molecule has 88 valence electrons. The molecule has 1 aromatic rings. The highest BCUT2D eigenvalue weighted by Gasteiger charge is 2.30. The Morgan fingerprint density at radius 2 is 1.81 bits per heavy atom. The van der Waals surface area contributed by atoms with E-state index in [0.29, 0.717) is 0 Å². The van der Waals surface area contributed by atoms with Crippen LogP contribution < -0.4 is 10.6 Å². The van der Waals surface area contributed by atoms with E-state index in [2.05, 4.69) is 33.0 Å². The third-order valence-electron chi connectivity index (χ3n) is 3.22. The van der Waals surface area contributed by atoms with Crippen molar-refractivity contribution in [3.8, 4) is 0 Å². The lowest BCUT2D eigenvalue weighted by Gasteiger charge is -2.38. The van der Waals surface area contributed by atoms with Crippen LogP contribution in [0.15, 0.2) is 28.7 Å². The van der Waals surface area contributed by atoms with Crippen LogP contribution in [-0.2, 0) is 0 Å².